The van der Waals surface area contributed by atoms with E-state index in [4.69, 9.17) is 14.2 Å². The van der Waals surface area contributed by atoms with Crippen LogP contribution in [-0.4, -0.2) is 55.1 Å². The summed E-state index contributed by atoms with van der Waals surface area (Å²) in [5, 5.41) is 2.24. The van der Waals surface area contributed by atoms with Gasteiger partial charge in [0.15, 0.2) is 18.1 Å². The Kier molecular flexibility index (Phi) is 6.71. The zero-order valence-corrected chi connectivity index (χ0v) is 16.9. The first-order chi connectivity index (χ1) is 14.4. The van der Waals surface area contributed by atoms with Crippen LogP contribution in [0.15, 0.2) is 23.8 Å². The molecule has 30 heavy (non-hydrogen) atoms. The molecule has 1 aromatic carbocycles. The SMILES string of the molecule is CCOC(=O)COc1ccc(/C=C2\C(=O)NC(=O)N(C3CCCC3)C2=O)cc1OC. The molecule has 9 nitrogen and oxygen atoms in total. The van der Waals surface area contributed by atoms with Crippen LogP contribution in [0, 0.1) is 0 Å². The van der Waals surface area contributed by atoms with E-state index < -0.39 is 23.8 Å². The number of hydrogen-bond acceptors (Lipinski definition) is 7. The normalized spacial score (nSPS) is 18.5. The number of nitrogens with one attached hydrogen (secondary N) is 1. The van der Waals surface area contributed by atoms with Crippen LogP contribution in [0.4, 0.5) is 4.79 Å². The highest BCUT2D eigenvalue weighted by atomic mass is 16.6. The molecule has 4 amide bonds. The van der Waals surface area contributed by atoms with Gasteiger partial charge >= 0.3 is 12.0 Å². The zero-order chi connectivity index (χ0) is 21.7. The fourth-order valence-corrected chi connectivity index (χ4v) is 3.56. The van der Waals surface area contributed by atoms with E-state index in [2.05, 4.69) is 5.32 Å². The monoisotopic (exact) mass is 416 g/mol. The molecule has 0 spiro atoms. The number of benzene rings is 1. The molecular formula is C21H24N2O7. The minimum atomic E-state index is -0.735. The number of esters is 1. The van der Waals surface area contributed by atoms with E-state index >= 15 is 0 Å². The summed E-state index contributed by atoms with van der Waals surface area (Å²) in [6.07, 6.45) is 4.77. The van der Waals surface area contributed by atoms with Gasteiger partial charge in [0.25, 0.3) is 11.8 Å². The lowest BCUT2D eigenvalue weighted by Gasteiger charge is -2.31. The molecule has 0 atom stereocenters. The van der Waals surface area contributed by atoms with Gasteiger partial charge in [0, 0.05) is 6.04 Å². The molecule has 1 heterocycles. The van der Waals surface area contributed by atoms with Gasteiger partial charge in [-0.25, -0.2) is 9.59 Å². The number of carbonyl (C=O) groups is 4. The maximum Gasteiger partial charge on any atom is 0.344 e. The third-order valence-corrected chi connectivity index (χ3v) is 4.97. The van der Waals surface area contributed by atoms with Crippen molar-refractivity contribution in [1.82, 2.24) is 10.2 Å². The molecule has 1 aliphatic heterocycles. The zero-order valence-electron chi connectivity index (χ0n) is 16.9. The van der Waals surface area contributed by atoms with Crippen LogP contribution < -0.4 is 14.8 Å². The number of rotatable bonds is 7. The molecule has 1 aromatic rings. The van der Waals surface area contributed by atoms with E-state index in [1.807, 2.05) is 0 Å². The standard InChI is InChI=1S/C21H24N2O7/c1-3-29-18(24)12-30-16-9-8-13(11-17(16)28-2)10-15-19(25)22-21(27)23(20(15)26)14-6-4-5-7-14/h8-11,14H,3-7,12H2,1-2H3,(H,22,25,27)/b15-10+. The quantitative estimate of drug-likeness (QED) is 0.411. The van der Waals surface area contributed by atoms with Gasteiger partial charge in [-0.05, 0) is 43.5 Å². The van der Waals surface area contributed by atoms with Gasteiger partial charge in [-0.15, -0.1) is 0 Å². The summed E-state index contributed by atoms with van der Waals surface area (Å²) in [7, 11) is 1.43. The van der Waals surface area contributed by atoms with Crippen molar-refractivity contribution in [2.45, 2.75) is 38.6 Å². The highest BCUT2D eigenvalue weighted by molar-refractivity contribution is 6.31. The van der Waals surface area contributed by atoms with Crippen molar-refractivity contribution in [3.05, 3.63) is 29.3 Å². The second kappa shape index (κ2) is 9.43. The Morgan fingerprint density at radius 1 is 1.20 bits per heavy atom. The summed E-state index contributed by atoms with van der Waals surface area (Å²) in [5.74, 6) is -1.21. The lowest BCUT2D eigenvalue weighted by Crippen LogP contribution is -2.57. The third-order valence-electron chi connectivity index (χ3n) is 4.97. The smallest absolute Gasteiger partial charge is 0.344 e. The van der Waals surface area contributed by atoms with Crippen LogP contribution in [-0.2, 0) is 19.1 Å². The lowest BCUT2D eigenvalue weighted by molar-refractivity contribution is -0.145. The summed E-state index contributed by atoms with van der Waals surface area (Å²) >= 11 is 0. The number of nitrogens with zero attached hydrogens (tertiary/aromatic N) is 1. The molecule has 0 unspecified atom stereocenters. The molecule has 0 aromatic heterocycles. The second-order valence-corrected chi connectivity index (χ2v) is 6.93. The number of methoxy groups -OCH3 is 1. The van der Waals surface area contributed by atoms with Crippen molar-refractivity contribution >= 4 is 29.9 Å². The minimum Gasteiger partial charge on any atom is -0.493 e. The highest BCUT2D eigenvalue weighted by Gasteiger charge is 2.40. The van der Waals surface area contributed by atoms with Crippen LogP contribution in [0.25, 0.3) is 6.08 Å². The van der Waals surface area contributed by atoms with E-state index in [-0.39, 0.29) is 24.8 Å². The Balaban J connectivity index is 1.82. The molecule has 1 N–H and O–H groups in total. The van der Waals surface area contributed by atoms with Crippen molar-refractivity contribution in [2.75, 3.05) is 20.3 Å². The average molecular weight is 416 g/mol. The molecule has 160 valence electrons. The van der Waals surface area contributed by atoms with Crippen molar-refractivity contribution in [2.24, 2.45) is 0 Å². The van der Waals surface area contributed by atoms with Crippen LogP contribution >= 0.6 is 0 Å². The molecular weight excluding hydrogens is 392 g/mol. The molecule has 9 heteroatoms. The molecule has 1 saturated carbocycles. The summed E-state index contributed by atoms with van der Waals surface area (Å²) in [5.41, 5.74) is 0.387. The average Bonchev–Trinajstić information content (AvgIpc) is 3.24. The second-order valence-electron chi connectivity index (χ2n) is 6.93. The van der Waals surface area contributed by atoms with Gasteiger partial charge < -0.3 is 14.2 Å². The summed E-state index contributed by atoms with van der Waals surface area (Å²) in [6, 6.07) is 3.89. The number of ether oxygens (including phenoxy) is 3. The number of amides is 4. The Bertz CT molecular complexity index is 887. The topological polar surface area (TPSA) is 111 Å². The number of imide groups is 2. The van der Waals surface area contributed by atoms with Crippen LogP contribution in [0.5, 0.6) is 11.5 Å². The number of urea groups is 1. The minimum absolute atomic E-state index is 0.122. The first kappa shape index (κ1) is 21.4. The van der Waals surface area contributed by atoms with Crippen LogP contribution in [0.1, 0.15) is 38.2 Å². The molecule has 0 bridgehead atoms. The summed E-state index contributed by atoms with van der Waals surface area (Å²) in [6.45, 7) is 1.68. The van der Waals surface area contributed by atoms with Gasteiger partial charge in [0.1, 0.15) is 5.57 Å². The molecule has 2 fully saturated rings. The van der Waals surface area contributed by atoms with Crippen LogP contribution in [0.2, 0.25) is 0 Å². The Labute approximate surface area is 174 Å². The predicted molar refractivity (Wildman–Crippen MR) is 106 cm³/mol. The van der Waals surface area contributed by atoms with Gasteiger partial charge in [0.05, 0.1) is 13.7 Å². The van der Waals surface area contributed by atoms with Crippen molar-refractivity contribution in [3.63, 3.8) is 0 Å². The Morgan fingerprint density at radius 2 is 1.93 bits per heavy atom. The van der Waals surface area contributed by atoms with Crippen molar-refractivity contribution < 1.29 is 33.4 Å². The number of hydrogen-bond donors (Lipinski definition) is 1. The maximum absolute atomic E-state index is 12.9. The Morgan fingerprint density at radius 3 is 2.60 bits per heavy atom. The van der Waals surface area contributed by atoms with Gasteiger partial charge in [-0.2, -0.15) is 0 Å². The molecule has 3 rings (SSSR count). The first-order valence-electron chi connectivity index (χ1n) is 9.81. The summed E-state index contributed by atoms with van der Waals surface area (Å²) in [4.78, 5) is 50.0. The van der Waals surface area contributed by atoms with Crippen molar-refractivity contribution in [3.8, 4) is 11.5 Å². The van der Waals surface area contributed by atoms with E-state index in [1.54, 1.807) is 25.1 Å². The Hall–Kier alpha value is -3.36. The largest absolute Gasteiger partial charge is 0.493 e. The van der Waals surface area contributed by atoms with E-state index in [1.165, 1.54) is 13.2 Å². The van der Waals surface area contributed by atoms with Gasteiger partial charge in [-0.1, -0.05) is 18.9 Å². The van der Waals surface area contributed by atoms with E-state index in [9.17, 15) is 19.2 Å². The number of barbiturate groups is 1. The highest BCUT2D eigenvalue weighted by Crippen LogP contribution is 2.30. The molecule has 0 radical (unpaired) electrons. The molecule has 2 aliphatic rings. The van der Waals surface area contributed by atoms with E-state index in [0.29, 0.717) is 17.1 Å². The summed E-state index contributed by atoms with van der Waals surface area (Å²) < 4.78 is 15.5. The molecule has 1 aliphatic carbocycles. The molecule has 1 saturated heterocycles. The first-order valence-corrected chi connectivity index (χ1v) is 9.81. The predicted octanol–water partition coefficient (Wildman–Crippen LogP) is 2.04. The fraction of sp³-hybridized carbons (Fsp3) is 0.429. The third kappa shape index (κ3) is 4.61. The van der Waals surface area contributed by atoms with Crippen molar-refractivity contribution in [1.29, 1.82) is 0 Å². The maximum atomic E-state index is 12.9. The van der Waals surface area contributed by atoms with Crippen LogP contribution in [0.3, 0.4) is 0 Å². The lowest BCUT2D eigenvalue weighted by atomic mass is 10.0. The van der Waals surface area contributed by atoms with E-state index in [0.717, 1.165) is 30.6 Å². The number of carbonyl (C=O) groups excluding carboxylic acids is 4. The fourth-order valence-electron chi connectivity index (χ4n) is 3.56. The van der Waals surface area contributed by atoms with Gasteiger partial charge in [-0.3, -0.25) is 19.8 Å². The van der Waals surface area contributed by atoms with Gasteiger partial charge in [0.2, 0.25) is 0 Å².